The lowest BCUT2D eigenvalue weighted by molar-refractivity contribution is -0.199. The van der Waals surface area contributed by atoms with Crippen LogP contribution in [0, 0.1) is 6.92 Å². The average Bonchev–Trinajstić information content (AvgIpc) is 3.20. The highest BCUT2D eigenvalue weighted by Gasteiger charge is 2.55. The van der Waals surface area contributed by atoms with E-state index >= 15 is 0 Å². The Morgan fingerprint density at radius 3 is 1.66 bits per heavy atom. The van der Waals surface area contributed by atoms with Crippen molar-refractivity contribution >= 4 is 11.9 Å². The Morgan fingerprint density at radius 1 is 0.781 bits per heavy atom. The maximum absolute atomic E-state index is 12.3. The second kappa shape index (κ2) is 13.6. The predicted molar refractivity (Wildman–Crippen MR) is 123 cm³/mol. The largest absolute Gasteiger partial charge is 0.467 e. The smallest absolute Gasteiger partial charge is 0.338 e. The summed E-state index contributed by atoms with van der Waals surface area (Å²) in [4.78, 5) is 24.7. The number of aryl methyl sites for hydroxylation is 1. The number of ether oxygens (including phenoxy) is 4. The first-order valence-electron chi connectivity index (χ1n) is 12.1. The highest BCUT2D eigenvalue weighted by molar-refractivity contribution is 5.86. The van der Waals surface area contributed by atoms with Gasteiger partial charge in [0.15, 0.2) is 18.0 Å². The molecular formula is C26H40O6. The minimum atomic E-state index is -1.18. The molecule has 2 atom stereocenters. The minimum absolute atomic E-state index is 0.549. The first kappa shape index (κ1) is 26.3. The van der Waals surface area contributed by atoms with Gasteiger partial charge < -0.3 is 18.9 Å². The van der Waals surface area contributed by atoms with Gasteiger partial charge in [0.25, 0.3) is 0 Å². The summed E-state index contributed by atoms with van der Waals surface area (Å²) in [6.45, 7) is 4.24. The van der Waals surface area contributed by atoms with Crippen molar-refractivity contribution in [3.63, 3.8) is 0 Å². The molecule has 0 bridgehead atoms. The predicted octanol–water partition coefficient (Wildman–Crippen LogP) is 5.59. The zero-order chi connectivity index (χ0) is 23.4. The number of carbonyl (C=O) groups is 2. The first-order chi connectivity index (χ1) is 15.5. The molecule has 6 heteroatoms. The van der Waals surface area contributed by atoms with Crippen LogP contribution in [-0.2, 0) is 34.3 Å². The van der Waals surface area contributed by atoms with Gasteiger partial charge in [-0.1, -0.05) is 94.5 Å². The third-order valence-corrected chi connectivity index (χ3v) is 6.13. The molecule has 0 radical (unpaired) electrons. The second-order valence-electron chi connectivity index (χ2n) is 8.67. The third kappa shape index (κ3) is 7.31. The van der Waals surface area contributed by atoms with Gasteiger partial charge in [-0.3, -0.25) is 0 Å². The summed E-state index contributed by atoms with van der Waals surface area (Å²) in [5, 5.41) is 0. The third-order valence-electron chi connectivity index (χ3n) is 6.13. The number of hydrogen-bond donors (Lipinski definition) is 0. The standard InChI is InChI=1S/C26H40O6/c1-5-6-7-8-9-10-11-12-13-14-19-26(21-17-15-20(2)16-18-21)31-22(24(27)29-3)23(32-26)25(28)30-4/h15-18,22-23H,5-14,19H2,1-4H3. The fourth-order valence-corrected chi connectivity index (χ4v) is 4.19. The molecule has 1 aromatic rings. The molecule has 1 aromatic carbocycles. The van der Waals surface area contributed by atoms with Gasteiger partial charge in [-0.2, -0.15) is 0 Å². The van der Waals surface area contributed by atoms with Crippen molar-refractivity contribution in [1.29, 1.82) is 0 Å². The Bertz CT molecular complexity index is 675. The van der Waals surface area contributed by atoms with Crippen LogP contribution < -0.4 is 0 Å². The van der Waals surface area contributed by atoms with Crippen LogP contribution in [0.15, 0.2) is 24.3 Å². The molecular weight excluding hydrogens is 408 g/mol. The first-order valence-corrected chi connectivity index (χ1v) is 12.1. The van der Waals surface area contributed by atoms with Crippen LogP contribution in [0.2, 0.25) is 0 Å². The van der Waals surface area contributed by atoms with Crippen LogP contribution in [0.5, 0.6) is 0 Å². The van der Waals surface area contributed by atoms with Gasteiger partial charge in [0.05, 0.1) is 14.2 Å². The number of methoxy groups -OCH3 is 2. The van der Waals surface area contributed by atoms with E-state index in [-0.39, 0.29) is 0 Å². The zero-order valence-electron chi connectivity index (χ0n) is 20.2. The van der Waals surface area contributed by atoms with Gasteiger partial charge in [-0.15, -0.1) is 0 Å². The summed E-state index contributed by atoms with van der Waals surface area (Å²) in [7, 11) is 2.54. The van der Waals surface area contributed by atoms with Crippen molar-refractivity contribution in [2.75, 3.05) is 14.2 Å². The molecule has 0 N–H and O–H groups in total. The van der Waals surface area contributed by atoms with E-state index in [1.54, 1.807) is 0 Å². The SMILES string of the molecule is CCCCCCCCCCCCC1(c2ccc(C)cc2)OC(C(=O)OC)C(C(=O)OC)O1. The maximum atomic E-state index is 12.3. The average molecular weight is 449 g/mol. The fourth-order valence-electron chi connectivity index (χ4n) is 4.19. The van der Waals surface area contributed by atoms with Crippen LogP contribution in [0.3, 0.4) is 0 Å². The van der Waals surface area contributed by atoms with Gasteiger partial charge in [0.1, 0.15) is 0 Å². The zero-order valence-corrected chi connectivity index (χ0v) is 20.2. The van der Waals surface area contributed by atoms with Crippen molar-refractivity contribution in [1.82, 2.24) is 0 Å². The van der Waals surface area contributed by atoms with Gasteiger partial charge in [0.2, 0.25) is 0 Å². The van der Waals surface area contributed by atoms with Gasteiger partial charge in [-0.05, 0) is 13.3 Å². The van der Waals surface area contributed by atoms with Crippen LogP contribution >= 0.6 is 0 Å². The van der Waals surface area contributed by atoms with Gasteiger partial charge in [0, 0.05) is 12.0 Å². The maximum Gasteiger partial charge on any atom is 0.338 e. The van der Waals surface area contributed by atoms with Crippen LogP contribution in [0.1, 0.15) is 88.7 Å². The number of carbonyl (C=O) groups excluding carboxylic acids is 2. The van der Waals surface area contributed by atoms with Crippen LogP contribution in [0.4, 0.5) is 0 Å². The lowest BCUT2D eigenvalue weighted by Crippen LogP contribution is -2.38. The molecule has 0 spiro atoms. The molecule has 1 aliphatic rings. The molecule has 2 unspecified atom stereocenters. The highest BCUT2D eigenvalue weighted by Crippen LogP contribution is 2.42. The Labute approximate surface area is 193 Å². The van der Waals surface area contributed by atoms with E-state index in [0.717, 1.165) is 30.4 Å². The molecule has 6 nitrogen and oxygen atoms in total. The fraction of sp³-hybridized carbons (Fsp3) is 0.692. The van der Waals surface area contributed by atoms with Crippen molar-refractivity contribution in [2.45, 2.75) is 102 Å². The molecule has 1 heterocycles. The van der Waals surface area contributed by atoms with E-state index in [4.69, 9.17) is 18.9 Å². The lowest BCUT2D eigenvalue weighted by Gasteiger charge is -2.28. The summed E-state index contributed by atoms with van der Waals surface area (Å²) < 4.78 is 22.0. The molecule has 32 heavy (non-hydrogen) atoms. The summed E-state index contributed by atoms with van der Waals surface area (Å²) >= 11 is 0. The van der Waals surface area contributed by atoms with E-state index in [1.807, 2.05) is 31.2 Å². The van der Waals surface area contributed by atoms with Crippen molar-refractivity contribution in [3.05, 3.63) is 35.4 Å². The minimum Gasteiger partial charge on any atom is -0.467 e. The lowest BCUT2D eigenvalue weighted by atomic mass is 9.97. The summed E-state index contributed by atoms with van der Waals surface area (Å²) in [6, 6.07) is 7.81. The molecule has 0 saturated carbocycles. The Kier molecular flexibility index (Phi) is 11.2. The molecule has 1 fully saturated rings. The quantitative estimate of drug-likeness (QED) is 0.273. The summed E-state index contributed by atoms with van der Waals surface area (Å²) in [6.07, 6.45) is 10.4. The molecule has 2 rings (SSSR count). The van der Waals surface area contributed by atoms with Gasteiger partial charge >= 0.3 is 11.9 Å². The van der Waals surface area contributed by atoms with Crippen molar-refractivity contribution in [2.24, 2.45) is 0 Å². The normalized spacial score (nSPS) is 22.6. The summed E-state index contributed by atoms with van der Waals surface area (Å²) in [5.41, 5.74) is 1.90. The van der Waals surface area contributed by atoms with E-state index in [2.05, 4.69) is 6.92 Å². The number of rotatable bonds is 14. The molecule has 0 aromatic heterocycles. The number of benzene rings is 1. The molecule has 0 aliphatic carbocycles. The molecule has 1 saturated heterocycles. The van der Waals surface area contributed by atoms with Crippen molar-refractivity contribution in [3.8, 4) is 0 Å². The van der Waals surface area contributed by atoms with Crippen LogP contribution in [0.25, 0.3) is 0 Å². The number of unbranched alkanes of at least 4 members (excludes halogenated alkanes) is 9. The Hall–Kier alpha value is -1.92. The van der Waals surface area contributed by atoms with E-state index in [9.17, 15) is 9.59 Å². The Morgan fingerprint density at radius 2 is 1.22 bits per heavy atom. The van der Waals surface area contributed by atoms with Crippen molar-refractivity contribution < 1.29 is 28.5 Å². The molecule has 0 amide bonds. The van der Waals surface area contributed by atoms with E-state index in [0.29, 0.717) is 6.42 Å². The van der Waals surface area contributed by atoms with E-state index < -0.39 is 29.9 Å². The van der Waals surface area contributed by atoms with Gasteiger partial charge in [-0.25, -0.2) is 9.59 Å². The van der Waals surface area contributed by atoms with Crippen LogP contribution in [-0.4, -0.2) is 38.4 Å². The van der Waals surface area contributed by atoms with E-state index in [1.165, 1.54) is 59.2 Å². The highest BCUT2D eigenvalue weighted by atomic mass is 16.8. The number of hydrogen-bond acceptors (Lipinski definition) is 6. The molecule has 180 valence electrons. The molecule has 1 aliphatic heterocycles. The Balaban J connectivity index is 2.00. The second-order valence-corrected chi connectivity index (χ2v) is 8.67. The monoisotopic (exact) mass is 448 g/mol. The number of esters is 2. The summed E-state index contributed by atoms with van der Waals surface area (Å²) in [5.74, 6) is -2.46. The topological polar surface area (TPSA) is 71.1 Å².